The highest BCUT2D eigenvalue weighted by Crippen LogP contribution is 1.73. The van der Waals surface area contributed by atoms with Gasteiger partial charge in [-0.25, -0.2) is 4.79 Å². The Hall–Kier alpha value is -2.24. The summed E-state index contributed by atoms with van der Waals surface area (Å²) in [6.45, 7) is 0. The summed E-state index contributed by atoms with van der Waals surface area (Å²) in [6.07, 6.45) is 4.58. The van der Waals surface area contributed by atoms with Crippen molar-refractivity contribution in [1.29, 1.82) is 0 Å². The highest BCUT2D eigenvalue weighted by atomic mass is 19.2. The molecule has 78 valence electrons. The van der Waals surface area contributed by atoms with Crippen LogP contribution in [-0.4, -0.2) is 14.8 Å². The van der Waals surface area contributed by atoms with Crippen LogP contribution in [0.3, 0.4) is 0 Å². The van der Waals surface area contributed by atoms with Gasteiger partial charge in [-0.3, -0.25) is 9.78 Å². The molecule has 0 saturated carbocycles. The fraction of sp³-hybridized carbons (Fsp3) is 0. The molecule has 0 unspecified atom stereocenters. The zero-order chi connectivity index (χ0) is 11.1. The molecule has 2 aromatic rings. The third kappa shape index (κ3) is 3.55. The van der Waals surface area contributed by atoms with Crippen LogP contribution in [0.5, 0.6) is 0 Å². The number of rotatable bonds is 0. The summed E-state index contributed by atoms with van der Waals surface area (Å²) in [7, 11) is 0. The number of aromatic amines is 1. The molecule has 0 aliphatic heterocycles. The average molecular weight is 209 g/mol. The number of H-pyrrole nitrogens is 1. The zero-order valence-electron chi connectivity index (χ0n) is 7.63. The number of hydrogen-bond acceptors (Lipinski definition) is 3. The van der Waals surface area contributed by atoms with Crippen LogP contribution < -0.4 is 11.2 Å². The first-order chi connectivity index (χ1) is 7.22. The van der Waals surface area contributed by atoms with Crippen LogP contribution in [0.15, 0.2) is 52.4 Å². The van der Waals surface area contributed by atoms with Gasteiger partial charge in [-0.15, -0.1) is 0 Å². The molecule has 0 aliphatic rings. The predicted octanol–water partition coefficient (Wildman–Crippen LogP) is 0.351. The number of pyridine rings is 1. The van der Waals surface area contributed by atoms with E-state index in [0.717, 1.165) is 12.3 Å². The molecule has 0 radical (unpaired) electrons. The SMILES string of the molecule is O=c1cc[nH]c(=O)n1F.c1ccncc1. The van der Waals surface area contributed by atoms with Gasteiger partial charge in [0.15, 0.2) is 0 Å². The van der Waals surface area contributed by atoms with E-state index in [9.17, 15) is 14.1 Å². The average Bonchev–Trinajstić information content (AvgIpc) is 2.29. The van der Waals surface area contributed by atoms with Gasteiger partial charge in [0.2, 0.25) is 0 Å². The normalized spacial score (nSPS) is 8.87. The summed E-state index contributed by atoms with van der Waals surface area (Å²) < 4.78 is 12.0. The standard InChI is InChI=1S/C5H5N.C4H3FN2O2/c1-2-4-6-5-3-1;5-7-3(8)1-2-6-4(7)9/h1-5H;1-2H,(H,6,9). The molecule has 0 amide bonds. The lowest BCUT2D eigenvalue weighted by Gasteiger charge is -1.83. The summed E-state index contributed by atoms with van der Waals surface area (Å²) in [5.41, 5.74) is -2.01. The lowest BCUT2D eigenvalue weighted by atomic mass is 10.5. The minimum absolute atomic E-state index is 0.500. The monoisotopic (exact) mass is 209 g/mol. The Bertz CT molecular complexity index is 452. The first kappa shape index (κ1) is 10.8. The maximum absolute atomic E-state index is 12.0. The lowest BCUT2D eigenvalue weighted by molar-refractivity contribution is 0.330. The summed E-state index contributed by atoms with van der Waals surface area (Å²) in [4.78, 5) is 25.6. The van der Waals surface area contributed by atoms with Gasteiger partial charge in [0.1, 0.15) is 0 Å². The molecule has 1 N–H and O–H groups in total. The molecule has 0 saturated heterocycles. The molecule has 2 heterocycles. The van der Waals surface area contributed by atoms with Crippen LogP contribution in [0.4, 0.5) is 4.48 Å². The van der Waals surface area contributed by atoms with E-state index in [1.165, 1.54) is 0 Å². The molecule has 0 fully saturated rings. The molecule has 0 aromatic carbocycles. The molecular weight excluding hydrogens is 201 g/mol. The largest absolute Gasteiger partial charge is 0.357 e. The van der Waals surface area contributed by atoms with E-state index in [1.54, 1.807) is 12.4 Å². The zero-order valence-corrected chi connectivity index (χ0v) is 7.63. The van der Waals surface area contributed by atoms with E-state index in [4.69, 9.17) is 0 Å². The Kier molecular flexibility index (Phi) is 3.96. The first-order valence-electron chi connectivity index (χ1n) is 4.03. The topological polar surface area (TPSA) is 67.8 Å². The van der Waals surface area contributed by atoms with Crippen molar-refractivity contribution in [2.24, 2.45) is 0 Å². The van der Waals surface area contributed by atoms with Gasteiger partial charge in [-0.1, -0.05) is 15.3 Å². The van der Waals surface area contributed by atoms with Crippen LogP contribution in [0, 0.1) is 0 Å². The molecule has 5 nitrogen and oxygen atoms in total. The van der Waals surface area contributed by atoms with Gasteiger partial charge in [-0.05, 0) is 12.1 Å². The maximum atomic E-state index is 12.0. The van der Waals surface area contributed by atoms with Gasteiger partial charge < -0.3 is 4.98 Å². The van der Waals surface area contributed by atoms with Crippen molar-refractivity contribution in [3.8, 4) is 0 Å². The van der Waals surface area contributed by atoms with Gasteiger partial charge in [0.25, 0.3) is 5.56 Å². The molecule has 2 rings (SSSR count). The summed E-state index contributed by atoms with van der Waals surface area (Å²) >= 11 is 0. The molecule has 6 heteroatoms. The lowest BCUT2D eigenvalue weighted by Crippen LogP contribution is -2.28. The summed E-state index contributed by atoms with van der Waals surface area (Å²) in [5.74, 6) is 0. The second-order valence-corrected chi connectivity index (χ2v) is 2.43. The molecule has 15 heavy (non-hydrogen) atoms. The smallest absolute Gasteiger partial charge is 0.312 e. The third-order valence-corrected chi connectivity index (χ3v) is 1.37. The second kappa shape index (κ2) is 5.48. The van der Waals surface area contributed by atoms with E-state index in [2.05, 4.69) is 4.98 Å². The minimum atomic E-state index is -1.05. The van der Waals surface area contributed by atoms with Crippen molar-refractivity contribution in [3.05, 3.63) is 63.7 Å². The van der Waals surface area contributed by atoms with E-state index >= 15 is 0 Å². The Balaban J connectivity index is 0.000000162. The fourth-order valence-corrected chi connectivity index (χ4v) is 0.719. The minimum Gasteiger partial charge on any atom is -0.312 e. The van der Waals surface area contributed by atoms with E-state index in [1.807, 2.05) is 23.2 Å². The molecule has 0 spiro atoms. The summed E-state index contributed by atoms with van der Waals surface area (Å²) in [5, 5.41) is 0. The van der Waals surface area contributed by atoms with Crippen LogP contribution in [0.2, 0.25) is 0 Å². The number of nitrogens with zero attached hydrogens (tertiary/aromatic N) is 2. The Morgan fingerprint density at radius 1 is 1.20 bits per heavy atom. The van der Waals surface area contributed by atoms with Gasteiger partial charge in [0, 0.05) is 24.7 Å². The van der Waals surface area contributed by atoms with E-state index < -0.39 is 16.0 Å². The second-order valence-electron chi connectivity index (χ2n) is 2.43. The van der Waals surface area contributed by atoms with Crippen molar-refractivity contribution in [1.82, 2.24) is 14.8 Å². The molecule has 0 atom stereocenters. The van der Waals surface area contributed by atoms with Crippen LogP contribution in [0.1, 0.15) is 0 Å². The quantitative estimate of drug-likeness (QED) is 0.680. The van der Waals surface area contributed by atoms with Gasteiger partial charge in [0.05, 0.1) is 0 Å². The summed E-state index contributed by atoms with van der Waals surface area (Å²) in [6, 6.07) is 6.63. The van der Waals surface area contributed by atoms with Crippen LogP contribution in [-0.2, 0) is 0 Å². The number of aromatic nitrogens is 3. The van der Waals surface area contributed by atoms with Crippen molar-refractivity contribution in [3.63, 3.8) is 0 Å². The van der Waals surface area contributed by atoms with Crippen molar-refractivity contribution < 1.29 is 4.48 Å². The Labute approximate surface area is 83.8 Å². The molecular formula is C9H8FN3O2. The maximum Gasteiger partial charge on any atom is 0.357 e. The number of halogens is 1. The predicted molar refractivity (Wildman–Crippen MR) is 52.1 cm³/mol. The Morgan fingerprint density at radius 2 is 1.87 bits per heavy atom. The Morgan fingerprint density at radius 3 is 2.20 bits per heavy atom. The van der Waals surface area contributed by atoms with E-state index in [-0.39, 0.29) is 0 Å². The molecule has 0 bridgehead atoms. The van der Waals surface area contributed by atoms with E-state index in [0.29, 0.717) is 0 Å². The van der Waals surface area contributed by atoms with Crippen molar-refractivity contribution in [2.45, 2.75) is 0 Å². The van der Waals surface area contributed by atoms with Crippen LogP contribution in [0.25, 0.3) is 0 Å². The highest BCUT2D eigenvalue weighted by molar-refractivity contribution is 4.88. The van der Waals surface area contributed by atoms with Gasteiger partial charge in [-0.2, -0.15) is 0 Å². The highest BCUT2D eigenvalue weighted by Gasteiger charge is 1.93. The number of hydrogen-bond donors (Lipinski definition) is 1. The molecule has 2 aromatic heterocycles. The van der Waals surface area contributed by atoms with Crippen molar-refractivity contribution in [2.75, 3.05) is 0 Å². The van der Waals surface area contributed by atoms with Crippen molar-refractivity contribution >= 4 is 0 Å². The first-order valence-corrected chi connectivity index (χ1v) is 4.03. The van der Waals surface area contributed by atoms with Gasteiger partial charge >= 0.3 is 5.69 Å². The van der Waals surface area contributed by atoms with Crippen LogP contribution >= 0.6 is 0 Å². The fourth-order valence-electron chi connectivity index (χ4n) is 0.719. The third-order valence-electron chi connectivity index (χ3n) is 1.37. The number of nitrogens with one attached hydrogen (secondary N) is 1. The molecule has 0 aliphatic carbocycles.